The minimum Gasteiger partial charge on any atom is -0.785 e. The third kappa shape index (κ3) is 2.43. The second kappa shape index (κ2) is 3.08. The normalized spacial score (nSPS) is 23.8. The Kier molecular flexibility index (Phi) is 2.51. The van der Waals surface area contributed by atoms with E-state index in [9.17, 15) is 13.6 Å². The van der Waals surface area contributed by atoms with Crippen molar-refractivity contribution in [3.8, 4) is 0 Å². The number of piperidine rings is 1. The molecular formula is C6H12NO3S-. The van der Waals surface area contributed by atoms with E-state index in [1.54, 1.807) is 0 Å². The van der Waals surface area contributed by atoms with Gasteiger partial charge in [0, 0.05) is 6.26 Å². The number of rotatable bonds is 1. The summed E-state index contributed by atoms with van der Waals surface area (Å²) in [6.07, 6.45) is 2.21. The predicted octanol–water partition coefficient (Wildman–Crippen LogP) is -0.00680. The van der Waals surface area contributed by atoms with Crippen LogP contribution in [0.2, 0.25) is 0 Å². The van der Waals surface area contributed by atoms with E-state index in [-0.39, 0.29) is 5.25 Å². The molecule has 0 aromatic carbocycles. The maximum Gasteiger partial charge on any atom is 0.150 e. The largest absolute Gasteiger partial charge is 0.785 e. The van der Waals surface area contributed by atoms with E-state index < -0.39 is 9.84 Å². The van der Waals surface area contributed by atoms with Gasteiger partial charge in [-0.15, -0.1) is 0 Å². The molecule has 11 heavy (non-hydrogen) atoms. The van der Waals surface area contributed by atoms with Crippen LogP contribution in [0.4, 0.5) is 0 Å². The number of hydrogen-bond acceptors (Lipinski definition) is 4. The van der Waals surface area contributed by atoms with E-state index in [1.165, 1.54) is 6.26 Å². The Morgan fingerprint density at radius 1 is 1.36 bits per heavy atom. The first-order valence-corrected chi connectivity index (χ1v) is 5.56. The maximum atomic E-state index is 11.0. The van der Waals surface area contributed by atoms with E-state index in [4.69, 9.17) is 0 Å². The van der Waals surface area contributed by atoms with Crippen LogP contribution < -0.4 is 0 Å². The molecule has 1 aliphatic heterocycles. The number of sulfone groups is 1. The zero-order valence-electron chi connectivity index (χ0n) is 6.49. The van der Waals surface area contributed by atoms with Gasteiger partial charge in [-0.2, -0.15) is 0 Å². The van der Waals surface area contributed by atoms with Gasteiger partial charge >= 0.3 is 0 Å². The molecule has 0 bridgehead atoms. The average Bonchev–Trinajstić information content (AvgIpc) is 1.86. The summed E-state index contributed by atoms with van der Waals surface area (Å²) < 4.78 is 21.9. The molecule has 0 radical (unpaired) electrons. The molecule has 0 aromatic heterocycles. The zero-order valence-corrected chi connectivity index (χ0v) is 7.30. The molecule has 0 aromatic rings. The highest BCUT2D eigenvalue weighted by atomic mass is 32.2. The Balaban J connectivity index is 2.53. The van der Waals surface area contributed by atoms with E-state index in [2.05, 4.69) is 0 Å². The van der Waals surface area contributed by atoms with Crippen LogP contribution in [0.25, 0.3) is 0 Å². The Hall–Kier alpha value is -0.130. The third-order valence-electron chi connectivity index (χ3n) is 2.01. The zero-order chi connectivity index (χ0) is 8.48. The Bertz CT molecular complexity index is 216. The molecule has 1 saturated heterocycles. The Morgan fingerprint density at radius 2 is 1.82 bits per heavy atom. The van der Waals surface area contributed by atoms with Crippen LogP contribution >= 0.6 is 0 Å². The van der Waals surface area contributed by atoms with Gasteiger partial charge in [-0.3, -0.25) is 0 Å². The highest BCUT2D eigenvalue weighted by molar-refractivity contribution is 7.91. The molecule has 0 N–H and O–H groups in total. The van der Waals surface area contributed by atoms with Gasteiger partial charge in [0.1, 0.15) is 9.84 Å². The highest BCUT2D eigenvalue weighted by Crippen LogP contribution is 2.15. The van der Waals surface area contributed by atoms with E-state index >= 15 is 0 Å². The molecule has 1 fully saturated rings. The lowest BCUT2D eigenvalue weighted by molar-refractivity contribution is 0.311. The van der Waals surface area contributed by atoms with Crippen molar-refractivity contribution in [1.29, 1.82) is 0 Å². The number of nitrogens with zero attached hydrogens (tertiary/aromatic N) is 1. The van der Waals surface area contributed by atoms with Crippen molar-refractivity contribution in [2.24, 2.45) is 0 Å². The van der Waals surface area contributed by atoms with Crippen LogP contribution in [0.15, 0.2) is 0 Å². The minimum absolute atomic E-state index is 0.285. The van der Waals surface area contributed by atoms with Crippen LogP contribution in [0.1, 0.15) is 12.8 Å². The molecule has 1 aliphatic rings. The molecule has 5 heteroatoms. The van der Waals surface area contributed by atoms with Crippen molar-refractivity contribution in [2.75, 3.05) is 19.3 Å². The lowest BCUT2D eigenvalue weighted by atomic mass is 10.2. The summed E-state index contributed by atoms with van der Waals surface area (Å²) >= 11 is 0. The van der Waals surface area contributed by atoms with Gasteiger partial charge in [0.2, 0.25) is 0 Å². The van der Waals surface area contributed by atoms with Crippen molar-refractivity contribution in [2.45, 2.75) is 18.1 Å². The first-order chi connectivity index (χ1) is 5.00. The molecule has 4 nitrogen and oxygen atoms in total. The second-order valence-corrected chi connectivity index (χ2v) is 5.28. The van der Waals surface area contributed by atoms with E-state index in [1.807, 2.05) is 0 Å². The molecule has 0 amide bonds. The maximum absolute atomic E-state index is 11.0. The monoisotopic (exact) mass is 178 g/mol. The summed E-state index contributed by atoms with van der Waals surface area (Å²) in [5.41, 5.74) is 0. The molecule has 0 atom stereocenters. The Morgan fingerprint density at radius 3 is 2.18 bits per heavy atom. The molecule has 0 aliphatic carbocycles. The summed E-state index contributed by atoms with van der Waals surface area (Å²) in [4.78, 5) is 0. The van der Waals surface area contributed by atoms with Crippen LogP contribution in [-0.2, 0) is 9.84 Å². The molecular weight excluding hydrogens is 166 g/mol. The quantitative estimate of drug-likeness (QED) is 0.566. The third-order valence-corrected chi connectivity index (χ3v) is 3.69. The highest BCUT2D eigenvalue weighted by Gasteiger charge is 2.23. The van der Waals surface area contributed by atoms with Crippen LogP contribution in [-0.4, -0.2) is 38.1 Å². The fourth-order valence-corrected chi connectivity index (χ4v) is 2.33. The lowest BCUT2D eigenvalue weighted by Gasteiger charge is -2.35. The first-order valence-electron chi connectivity index (χ1n) is 3.61. The SMILES string of the molecule is CS(=O)(=O)C1CCN([O-])CC1. The number of hydroxylamine groups is 2. The topological polar surface area (TPSA) is 60.4 Å². The summed E-state index contributed by atoms with van der Waals surface area (Å²) in [5, 5.41) is 11.3. The van der Waals surface area contributed by atoms with Crippen molar-refractivity contribution < 1.29 is 8.42 Å². The van der Waals surface area contributed by atoms with Crippen molar-refractivity contribution >= 4 is 9.84 Å². The summed E-state index contributed by atoms with van der Waals surface area (Å²) in [6, 6.07) is 0. The van der Waals surface area contributed by atoms with Crippen molar-refractivity contribution in [3.63, 3.8) is 0 Å². The van der Waals surface area contributed by atoms with Gasteiger partial charge in [0.25, 0.3) is 0 Å². The average molecular weight is 178 g/mol. The fourth-order valence-electron chi connectivity index (χ4n) is 1.26. The predicted molar refractivity (Wildman–Crippen MR) is 42.8 cm³/mol. The van der Waals surface area contributed by atoms with Crippen LogP contribution in [0.3, 0.4) is 0 Å². The molecule has 1 rings (SSSR count). The van der Waals surface area contributed by atoms with Crippen molar-refractivity contribution in [1.82, 2.24) is 5.06 Å². The summed E-state index contributed by atoms with van der Waals surface area (Å²) in [6.45, 7) is 0.718. The first kappa shape index (κ1) is 8.96. The van der Waals surface area contributed by atoms with E-state index in [0.717, 1.165) is 5.06 Å². The standard InChI is InChI=1S/C6H12NO3S/c1-11(9,10)6-2-4-7(8)5-3-6/h6H,2-5H2,1H3/q-1. The van der Waals surface area contributed by atoms with Gasteiger partial charge in [0.05, 0.1) is 5.25 Å². The van der Waals surface area contributed by atoms with Crippen LogP contribution in [0, 0.1) is 5.21 Å². The van der Waals surface area contributed by atoms with Gasteiger partial charge in [-0.1, -0.05) is 0 Å². The smallest absolute Gasteiger partial charge is 0.150 e. The minimum atomic E-state index is -2.91. The fraction of sp³-hybridized carbons (Fsp3) is 1.00. The molecule has 0 unspecified atom stereocenters. The molecule has 0 spiro atoms. The van der Waals surface area contributed by atoms with Gasteiger partial charge in [0.15, 0.2) is 0 Å². The molecule has 1 heterocycles. The van der Waals surface area contributed by atoms with Gasteiger partial charge in [-0.05, 0) is 25.9 Å². The number of hydrogen-bond donors (Lipinski definition) is 0. The molecule has 0 saturated carbocycles. The Labute approximate surface area is 66.7 Å². The van der Waals surface area contributed by atoms with E-state index in [0.29, 0.717) is 25.9 Å². The summed E-state index contributed by atoms with van der Waals surface area (Å²) in [7, 11) is -2.91. The lowest BCUT2D eigenvalue weighted by Crippen LogP contribution is -2.35. The van der Waals surface area contributed by atoms with Gasteiger partial charge < -0.3 is 10.3 Å². The summed E-state index contributed by atoms with van der Waals surface area (Å²) in [5.74, 6) is 0. The van der Waals surface area contributed by atoms with Gasteiger partial charge in [-0.25, -0.2) is 8.42 Å². The molecule has 66 valence electrons. The second-order valence-electron chi connectivity index (χ2n) is 2.96. The van der Waals surface area contributed by atoms with Crippen LogP contribution in [0.5, 0.6) is 0 Å². The van der Waals surface area contributed by atoms with Crippen molar-refractivity contribution in [3.05, 3.63) is 5.21 Å².